The molecule has 2 rings (SSSR count). The number of nitrogens with zero attached hydrogens (tertiary/aromatic N) is 2. The first-order chi connectivity index (χ1) is 9.61. The van der Waals surface area contributed by atoms with E-state index in [0.717, 1.165) is 17.9 Å². The molecule has 1 aromatic heterocycles. The maximum Gasteiger partial charge on any atom is 0.337 e. The molecule has 1 N–H and O–H groups in total. The largest absolute Gasteiger partial charge is 0.478 e. The van der Waals surface area contributed by atoms with E-state index in [-0.39, 0.29) is 10.6 Å². The normalized spacial score (nSPS) is 10.3. The number of hydrogen-bond acceptors (Lipinski definition) is 3. The molecule has 104 valence electrons. The maximum absolute atomic E-state index is 11.0. The van der Waals surface area contributed by atoms with Crippen LogP contribution in [0.25, 0.3) is 0 Å². The van der Waals surface area contributed by atoms with Crippen LogP contribution in [0.1, 0.15) is 23.0 Å². The second-order valence-electron chi connectivity index (χ2n) is 4.30. The van der Waals surface area contributed by atoms with E-state index in [1.807, 2.05) is 25.1 Å². The third-order valence-electron chi connectivity index (χ3n) is 3.01. The zero-order valence-electron chi connectivity index (χ0n) is 11.1. The van der Waals surface area contributed by atoms with Gasteiger partial charge in [0.2, 0.25) is 0 Å². The van der Waals surface area contributed by atoms with E-state index in [4.69, 9.17) is 16.7 Å². The van der Waals surface area contributed by atoms with Crippen LogP contribution in [-0.4, -0.2) is 22.6 Å². The number of benzene rings is 1. The second kappa shape index (κ2) is 6.39. The minimum absolute atomic E-state index is 0.115. The highest BCUT2D eigenvalue weighted by atomic mass is 35.5. The average Bonchev–Trinajstić information content (AvgIpc) is 2.45. The van der Waals surface area contributed by atoms with E-state index < -0.39 is 5.97 Å². The third-order valence-corrected chi connectivity index (χ3v) is 3.32. The van der Waals surface area contributed by atoms with Crippen LogP contribution in [0, 0.1) is 0 Å². The first-order valence-electron chi connectivity index (χ1n) is 6.29. The molecule has 0 spiro atoms. The van der Waals surface area contributed by atoms with Crippen LogP contribution in [0.4, 0.5) is 5.69 Å². The zero-order valence-corrected chi connectivity index (χ0v) is 11.8. The van der Waals surface area contributed by atoms with E-state index in [1.165, 1.54) is 6.07 Å². The molecular weight excluding hydrogens is 276 g/mol. The van der Waals surface area contributed by atoms with E-state index >= 15 is 0 Å². The monoisotopic (exact) mass is 290 g/mol. The van der Waals surface area contributed by atoms with Crippen LogP contribution in [-0.2, 0) is 6.54 Å². The molecule has 0 fully saturated rings. The van der Waals surface area contributed by atoms with Crippen molar-refractivity contribution in [2.45, 2.75) is 13.5 Å². The topological polar surface area (TPSA) is 53.4 Å². The highest BCUT2D eigenvalue weighted by Crippen LogP contribution is 2.24. The maximum atomic E-state index is 11.0. The number of halogens is 1. The Morgan fingerprint density at radius 3 is 2.70 bits per heavy atom. The minimum atomic E-state index is -1.02. The molecule has 0 saturated heterocycles. The summed E-state index contributed by atoms with van der Waals surface area (Å²) in [6.45, 7) is 3.46. The summed E-state index contributed by atoms with van der Waals surface area (Å²) in [5.41, 5.74) is 1.95. The Hall–Kier alpha value is -2.07. The Balaban J connectivity index is 2.24. The van der Waals surface area contributed by atoms with Gasteiger partial charge in [-0.15, -0.1) is 0 Å². The predicted octanol–water partition coefficient (Wildman–Crippen LogP) is 3.46. The molecule has 0 saturated carbocycles. The van der Waals surface area contributed by atoms with Crippen LogP contribution in [0.2, 0.25) is 5.02 Å². The first-order valence-corrected chi connectivity index (χ1v) is 6.67. The lowest BCUT2D eigenvalue weighted by Crippen LogP contribution is -2.22. The molecule has 0 atom stereocenters. The van der Waals surface area contributed by atoms with Crippen molar-refractivity contribution in [3.63, 3.8) is 0 Å². The lowest BCUT2D eigenvalue weighted by atomic mass is 10.2. The summed E-state index contributed by atoms with van der Waals surface area (Å²) in [5.74, 6) is -1.02. The van der Waals surface area contributed by atoms with Crippen molar-refractivity contribution in [1.29, 1.82) is 0 Å². The van der Waals surface area contributed by atoms with Gasteiger partial charge in [-0.2, -0.15) is 0 Å². The number of aromatic nitrogens is 1. The highest BCUT2D eigenvalue weighted by molar-refractivity contribution is 6.33. The SMILES string of the molecule is CCN(Cc1ccccn1)c1ccc(C(=O)O)c(Cl)c1. The van der Waals surface area contributed by atoms with Crippen molar-refractivity contribution < 1.29 is 9.90 Å². The number of rotatable bonds is 5. The number of carboxylic acids is 1. The molecule has 1 aromatic carbocycles. The summed E-state index contributed by atoms with van der Waals surface area (Å²) < 4.78 is 0. The van der Waals surface area contributed by atoms with Crippen LogP contribution >= 0.6 is 11.6 Å². The van der Waals surface area contributed by atoms with Gasteiger partial charge in [0.1, 0.15) is 0 Å². The van der Waals surface area contributed by atoms with E-state index in [2.05, 4.69) is 9.88 Å². The molecule has 0 radical (unpaired) electrons. The molecule has 2 aromatic rings. The Labute approximate surface area is 122 Å². The van der Waals surface area contributed by atoms with Gasteiger partial charge in [-0.3, -0.25) is 4.98 Å². The summed E-state index contributed by atoms with van der Waals surface area (Å²) in [6.07, 6.45) is 1.75. The van der Waals surface area contributed by atoms with Crippen LogP contribution in [0.5, 0.6) is 0 Å². The molecule has 20 heavy (non-hydrogen) atoms. The summed E-state index contributed by atoms with van der Waals surface area (Å²) >= 11 is 6.01. The van der Waals surface area contributed by atoms with Crippen molar-refractivity contribution in [3.8, 4) is 0 Å². The first kappa shape index (κ1) is 14.3. The van der Waals surface area contributed by atoms with Crippen molar-refractivity contribution in [2.24, 2.45) is 0 Å². The average molecular weight is 291 g/mol. The Bertz CT molecular complexity index is 602. The van der Waals surface area contributed by atoms with E-state index in [9.17, 15) is 4.79 Å². The summed E-state index contributed by atoms with van der Waals surface area (Å²) in [6, 6.07) is 10.7. The molecule has 0 aliphatic heterocycles. The van der Waals surface area contributed by atoms with Crippen molar-refractivity contribution in [1.82, 2.24) is 4.98 Å². The number of carboxylic acid groups (broad SMARTS) is 1. The van der Waals surface area contributed by atoms with Crippen LogP contribution in [0.15, 0.2) is 42.6 Å². The molecule has 4 nitrogen and oxygen atoms in total. The Kier molecular flexibility index (Phi) is 4.58. The van der Waals surface area contributed by atoms with Gasteiger partial charge in [-0.25, -0.2) is 4.79 Å². The molecule has 0 aliphatic carbocycles. The lowest BCUT2D eigenvalue weighted by molar-refractivity contribution is 0.0697. The fourth-order valence-electron chi connectivity index (χ4n) is 1.95. The summed E-state index contributed by atoms with van der Waals surface area (Å²) in [7, 11) is 0. The lowest BCUT2D eigenvalue weighted by Gasteiger charge is -2.23. The predicted molar refractivity (Wildman–Crippen MR) is 79.4 cm³/mol. The number of hydrogen-bond donors (Lipinski definition) is 1. The quantitative estimate of drug-likeness (QED) is 0.916. The van der Waals surface area contributed by atoms with E-state index in [1.54, 1.807) is 18.3 Å². The van der Waals surface area contributed by atoms with Crippen molar-refractivity contribution in [3.05, 3.63) is 58.9 Å². The van der Waals surface area contributed by atoms with E-state index in [0.29, 0.717) is 6.54 Å². The van der Waals surface area contributed by atoms with Crippen LogP contribution < -0.4 is 4.90 Å². The number of pyridine rings is 1. The van der Waals surface area contributed by atoms with Gasteiger partial charge in [0.15, 0.2) is 0 Å². The van der Waals surface area contributed by atoms with Crippen molar-refractivity contribution >= 4 is 23.3 Å². The molecule has 1 heterocycles. The molecule has 5 heteroatoms. The van der Waals surface area contributed by atoms with Crippen LogP contribution in [0.3, 0.4) is 0 Å². The fraction of sp³-hybridized carbons (Fsp3) is 0.200. The fourth-order valence-corrected chi connectivity index (χ4v) is 2.20. The van der Waals surface area contributed by atoms with Gasteiger partial charge in [0, 0.05) is 18.4 Å². The van der Waals surface area contributed by atoms with Gasteiger partial charge < -0.3 is 10.0 Å². The Morgan fingerprint density at radius 1 is 1.35 bits per heavy atom. The second-order valence-corrected chi connectivity index (χ2v) is 4.71. The molecule has 0 unspecified atom stereocenters. The Morgan fingerprint density at radius 2 is 2.15 bits per heavy atom. The standard InChI is InChI=1S/C15H15ClN2O2/c1-2-18(10-11-5-3-4-8-17-11)12-6-7-13(15(19)20)14(16)9-12/h3-9H,2,10H2,1H3,(H,19,20). The number of anilines is 1. The summed E-state index contributed by atoms with van der Waals surface area (Å²) in [5, 5.41) is 9.22. The molecular formula is C15H15ClN2O2. The van der Waals surface area contributed by atoms with Crippen molar-refractivity contribution in [2.75, 3.05) is 11.4 Å². The smallest absolute Gasteiger partial charge is 0.337 e. The summed E-state index contributed by atoms with van der Waals surface area (Å²) in [4.78, 5) is 17.3. The number of carbonyl (C=O) groups is 1. The highest BCUT2D eigenvalue weighted by Gasteiger charge is 2.12. The van der Waals surface area contributed by atoms with Gasteiger partial charge in [-0.05, 0) is 37.3 Å². The van der Waals surface area contributed by atoms with Gasteiger partial charge in [0.25, 0.3) is 0 Å². The van der Waals surface area contributed by atoms with Gasteiger partial charge in [-0.1, -0.05) is 17.7 Å². The number of aromatic carboxylic acids is 1. The molecule has 0 bridgehead atoms. The zero-order chi connectivity index (χ0) is 14.5. The third kappa shape index (κ3) is 3.27. The van der Waals surface area contributed by atoms with Gasteiger partial charge >= 0.3 is 5.97 Å². The molecule has 0 amide bonds. The minimum Gasteiger partial charge on any atom is -0.478 e. The molecule has 0 aliphatic rings. The van der Waals surface area contributed by atoms with Gasteiger partial charge in [0.05, 0.1) is 22.8 Å².